The number of thioether (sulfide) groups is 1. The molecule has 1 fully saturated rings. The van der Waals surface area contributed by atoms with E-state index in [0.29, 0.717) is 6.04 Å². The highest BCUT2D eigenvalue weighted by atomic mass is 32.2. The Labute approximate surface area is 125 Å². The van der Waals surface area contributed by atoms with Crippen molar-refractivity contribution in [3.63, 3.8) is 0 Å². The molecule has 0 bridgehead atoms. The average molecular weight is 290 g/mol. The zero-order valence-corrected chi connectivity index (χ0v) is 13.0. The van der Waals surface area contributed by atoms with E-state index in [1.165, 1.54) is 6.42 Å². The van der Waals surface area contributed by atoms with Gasteiger partial charge < -0.3 is 4.90 Å². The molecule has 0 aliphatic heterocycles. The van der Waals surface area contributed by atoms with E-state index in [1.807, 2.05) is 41.9 Å². The zero-order valence-electron chi connectivity index (χ0n) is 12.2. The van der Waals surface area contributed by atoms with Crippen molar-refractivity contribution in [2.45, 2.75) is 37.5 Å². The average Bonchev–Trinajstić information content (AvgIpc) is 2.94. The molecule has 108 valence electrons. The Bertz CT molecular complexity index is 461. The Morgan fingerprint density at radius 3 is 3.10 bits per heavy atom. The summed E-state index contributed by atoms with van der Waals surface area (Å²) < 4.78 is 0. The van der Waals surface area contributed by atoms with E-state index in [-0.39, 0.29) is 5.91 Å². The number of aromatic nitrogens is 1. The van der Waals surface area contributed by atoms with Crippen LogP contribution in [0.25, 0.3) is 6.08 Å². The predicted molar refractivity (Wildman–Crippen MR) is 85.6 cm³/mol. The molecule has 2 atom stereocenters. The van der Waals surface area contributed by atoms with Crippen LogP contribution < -0.4 is 0 Å². The van der Waals surface area contributed by atoms with Crippen LogP contribution in [0.3, 0.4) is 0 Å². The molecular weight excluding hydrogens is 268 g/mol. The molecule has 0 radical (unpaired) electrons. The predicted octanol–water partition coefficient (Wildman–Crippen LogP) is 3.23. The third-order valence-corrected chi connectivity index (χ3v) is 4.99. The van der Waals surface area contributed by atoms with Gasteiger partial charge in [0.1, 0.15) is 0 Å². The second-order valence-corrected chi connectivity index (χ2v) is 6.69. The van der Waals surface area contributed by atoms with E-state index in [4.69, 9.17) is 0 Å². The van der Waals surface area contributed by atoms with Crippen molar-refractivity contribution in [1.29, 1.82) is 0 Å². The fourth-order valence-electron chi connectivity index (χ4n) is 2.60. The molecule has 0 N–H and O–H groups in total. The highest BCUT2D eigenvalue weighted by molar-refractivity contribution is 7.99. The van der Waals surface area contributed by atoms with E-state index in [1.54, 1.807) is 18.5 Å². The summed E-state index contributed by atoms with van der Waals surface area (Å²) in [5.74, 6) is 1.25. The third kappa shape index (κ3) is 4.10. The Kier molecular flexibility index (Phi) is 5.65. The minimum absolute atomic E-state index is 0.0843. The lowest BCUT2D eigenvalue weighted by Gasteiger charge is -2.23. The molecule has 0 unspecified atom stereocenters. The molecule has 1 aliphatic carbocycles. The number of hydrogen-bond donors (Lipinski definition) is 0. The van der Waals surface area contributed by atoms with Crippen LogP contribution in [-0.4, -0.2) is 39.9 Å². The molecule has 0 spiro atoms. The summed E-state index contributed by atoms with van der Waals surface area (Å²) in [4.78, 5) is 18.1. The number of carbonyl (C=O) groups is 1. The van der Waals surface area contributed by atoms with Gasteiger partial charge in [-0.05, 0) is 42.7 Å². The molecule has 1 aromatic heterocycles. The summed E-state index contributed by atoms with van der Waals surface area (Å²) in [6, 6.07) is 4.21. The second-order valence-electron chi connectivity index (χ2n) is 5.11. The lowest BCUT2D eigenvalue weighted by atomic mass is 10.2. The lowest BCUT2D eigenvalue weighted by Crippen LogP contribution is -2.34. The number of likely N-dealkylation sites (N-methyl/N-ethyl adjacent to an activating group) is 1. The standard InChI is InChI=1S/C16H22N2OS/c1-3-20-15-8-7-14(11-15)18(2)16(19)9-6-13-5-4-10-17-12-13/h4-6,9-10,12,14-15H,3,7-8,11H2,1-2H3/b9-6+/t14-,15-/m1/s1. The highest BCUT2D eigenvalue weighted by Gasteiger charge is 2.28. The Morgan fingerprint density at radius 1 is 1.55 bits per heavy atom. The van der Waals surface area contributed by atoms with Crippen LogP contribution >= 0.6 is 11.8 Å². The highest BCUT2D eigenvalue weighted by Crippen LogP contribution is 2.32. The molecule has 0 aromatic carbocycles. The molecule has 2 rings (SSSR count). The monoisotopic (exact) mass is 290 g/mol. The van der Waals surface area contributed by atoms with Crippen LogP contribution in [0.4, 0.5) is 0 Å². The molecule has 1 saturated carbocycles. The molecule has 1 aliphatic rings. The topological polar surface area (TPSA) is 33.2 Å². The van der Waals surface area contributed by atoms with Crippen molar-refractivity contribution in [3.05, 3.63) is 36.2 Å². The van der Waals surface area contributed by atoms with Crippen LogP contribution in [0, 0.1) is 0 Å². The smallest absolute Gasteiger partial charge is 0.246 e. The van der Waals surface area contributed by atoms with Crippen molar-refractivity contribution in [3.8, 4) is 0 Å². The first-order valence-electron chi connectivity index (χ1n) is 7.17. The first-order valence-corrected chi connectivity index (χ1v) is 8.22. The van der Waals surface area contributed by atoms with Gasteiger partial charge in [0, 0.05) is 36.8 Å². The van der Waals surface area contributed by atoms with Crippen LogP contribution in [0.5, 0.6) is 0 Å². The van der Waals surface area contributed by atoms with E-state index in [9.17, 15) is 4.79 Å². The van der Waals surface area contributed by atoms with E-state index in [0.717, 1.165) is 29.4 Å². The van der Waals surface area contributed by atoms with Crippen molar-refractivity contribution in [2.75, 3.05) is 12.8 Å². The van der Waals surface area contributed by atoms with Crippen molar-refractivity contribution in [1.82, 2.24) is 9.88 Å². The molecule has 1 amide bonds. The first kappa shape index (κ1) is 15.1. The molecule has 1 heterocycles. The van der Waals surface area contributed by atoms with Crippen molar-refractivity contribution in [2.24, 2.45) is 0 Å². The third-order valence-electron chi connectivity index (χ3n) is 3.76. The summed E-state index contributed by atoms with van der Waals surface area (Å²) in [7, 11) is 1.92. The van der Waals surface area contributed by atoms with Gasteiger partial charge >= 0.3 is 0 Å². The maximum atomic E-state index is 12.2. The van der Waals surface area contributed by atoms with Crippen LogP contribution in [0.15, 0.2) is 30.6 Å². The van der Waals surface area contributed by atoms with Gasteiger partial charge in [-0.15, -0.1) is 0 Å². The van der Waals surface area contributed by atoms with E-state index >= 15 is 0 Å². The van der Waals surface area contributed by atoms with Gasteiger partial charge in [-0.25, -0.2) is 0 Å². The van der Waals surface area contributed by atoms with Crippen molar-refractivity contribution < 1.29 is 4.79 Å². The SMILES string of the molecule is CCS[C@@H]1CC[C@@H](N(C)C(=O)/C=C/c2cccnc2)C1. The Balaban J connectivity index is 1.88. The summed E-state index contributed by atoms with van der Waals surface area (Å²) >= 11 is 2.02. The minimum atomic E-state index is 0.0843. The molecule has 3 nitrogen and oxygen atoms in total. The zero-order chi connectivity index (χ0) is 14.4. The van der Waals surface area contributed by atoms with E-state index in [2.05, 4.69) is 11.9 Å². The number of pyridine rings is 1. The fraction of sp³-hybridized carbons (Fsp3) is 0.500. The molecule has 20 heavy (non-hydrogen) atoms. The van der Waals surface area contributed by atoms with Crippen molar-refractivity contribution >= 4 is 23.7 Å². The number of amides is 1. The summed E-state index contributed by atoms with van der Waals surface area (Å²) in [5.41, 5.74) is 0.958. The maximum absolute atomic E-state index is 12.2. The fourth-order valence-corrected chi connectivity index (χ4v) is 3.73. The first-order chi connectivity index (χ1) is 9.70. The largest absolute Gasteiger partial charge is 0.339 e. The maximum Gasteiger partial charge on any atom is 0.246 e. The summed E-state index contributed by atoms with van der Waals surface area (Å²) in [6.45, 7) is 2.20. The number of hydrogen-bond acceptors (Lipinski definition) is 3. The van der Waals surface area contributed by atoms with Gasteiger partial charge in [-0.1, -0.05) is 13.0 Å². The molecule has 0 saturated heterocycles. The molecule has 1 aromatic rings. The van der Waals surface area contributed by atoms with Gasteiger partial charge in [0.05, 0.1) is 0 Å². The normalized spacial score (nSPS) is 22.3. The van der Waals surface area contributed by atoms with E-state index < -0.39 is 0 Å². The van der Waals surface area contributed by atoms with Crippen LogP contribution in [0.2, 0.25) is 0 Å². The van der Waals surface area contributed by atoms with Gasteiger partial charge in [0.25, 0.3) is 0 Å². The summed E-state index contributed by atoms with van der Waals surface area (Å²) in [6.07, 6.45) is 10.5. The van der Waals surface area contributed by atoms with Gasteiger partial charge in [-0.2, -0.15) is 11.8 Å². The van der Waals surface area contributed by atoms with Crippen LogP contribution in [0.1, 0.15) is 31.7 Å². The number of carbonyl (C=O) groups excluding carboxylic acids is 1. The Morgan fingerprint density at radius 2 is 2.40 bits per heavy atom. The second kappa shape index (κ2) is 7.48. The van der Waals surface area contributed by atoms with Gasteiger partial charge in [0.2, 0.25) is 5.91 Å². The number of rotatable bonds is 5. The lowest BCUT2D eigenvalue weighted by molar-refractivity contribution is -0.126. The molecular formula is C16H22N2OS. The van der Waals surface area contributed by atoms with Gasteiger partial charge in [0.15, 0.2) is 0 Å². The number of nitrogens with zero attached hydrogens (tertiary/aromatic N) is 2. The Hall–Kier alpha value is -1.29. The van der Waals surface area contributed by atoms with Gasteiger partial charge in [-0.3, -0.25) is 9.78 Å². The molecule has 4 heteroatoms. The van der Waals surface area contributed by atoms with Crippen LogP contribution in [-0.2, 0) is 4.79 Å². The quantitative estimate of drug-likeness (QED) is 0.781. The minimum Gasteiger partial charge on any atom is -0.339 e. The summed E-state index contributed by atoms with van der Waals surface area (Å²) in [5, 5.41) is 0.725.